The van der Waals surface area contributed by atoms with Crippen LogP contribution in [-0.2, 0) is 64.3 Å². The molecule has 0 bridgehead atoms. The lowest BCUT2D eigenvalue weighted by Gasteiger charge is -2.45. The first-order valence-corrected chi connectivity index (χ1v) is 17.8. The van der Waals surface area contributed by atoms with E-state index in [-0.39, 0.29) is 33.0 Å². The number of azide groups is 2. The molecule has 0 saturated carbocycles. The van der Waals surface area contributed by atoms with E-state index in [0.29, 0.717) is 6.61 Å². The molecule has 2 fully saturated rings. The Kier molecular flexibility index (Phi) is 14.8. The molecule has 0 aromatic heterocycles. The summed E-state index contributed by atoms with van der Waals surface area (Å²) in [7, 11) is 1.53. The van der Waals surface area contributed by atoms with E-state index in [2.05, 4.69) is 20.1 Å². The number of benzene rings is 4. The summed E-state index contributed by atoms with van der Waals surface area (Å²) in [5.41, 5.74) is 23.0. The quantitative estimate of drug-likeness (QED) is 0.0543. The molecule has 282 valence electrons. The molecule has 2 aliphatic rings. The van der Waals surface area contributed by atoms with Gasteiger partial charge in [0.25, 0.3) is 0 Å². The van der Waals surface area contributed by atoms with Crippen molar-refractivity contribution < 1.29 is 37.9 Å². The zero-order valence-electron chi connectivity index (χ0n) is 29.9. The first-order valence-electron chi connectivity index (χ1n) is 17.8. The minimum absolute atomic E-state index is 0.108. The maximum absolute atomic E-state index is 9.92. The van der Waals surface area contributed by atoms with Crippen LogP contribution >= 0.6 is 0 Å². The fourth-order valence-electron chi connectivity index (χ4n) is 6.52. The van der Waals surface area contributed by atoms with Gasteiger partial charge in [0.2, 0.25) is 0 Å². The summed E-state index contributed by atoms with van der Waals surface area (Å²) in [4.78, 5) is 6.19. The summed E-state index contributed by atoms with van der Waals surface area (Å²) in [6, 6.07) is 37.7. The van der Waals surface area contributed by atoms with Crippen LogP contribution in [0.2, 0.25) is 0 Å². The zero-order chi connectivity index (χ0) is 37.4. The highest BCUT2D eigenvalue weighted by Gasteiger charge is 2.53. The average Bonchev–Trinajstić information content (AvgIpc) is 3.55. The minimum atomic E-state index is -1.21. The summed E-state index contributed by atoms with van der Waals surface area (Å²) < 4.78 is 51.1. The maximum atomic E-state index is 9.92. The second-order valence-electron chi connectivity index (χ2n) is 12.8. The van der Waals surface area contributed by atoms with Crippen LogP contribution in [0.5, 0.6) is 0 Å². The highest BCUT2D eigenvalue weighted by atomic mass is 16.8. The first-order chi connectivity index (χ1) is 26.7. The third kappa shape index (κ3) is 10.7. The molecule has 0 unspecified atom stereocenters. The fourth-order valence-corrected chi connectivity index (χ4v) is 6.52. The predicted octanol–water partition coefficient (Wildman–Crippen LogP) is 7.43. The van der Waals surface area contributed by atoms with Gasteiger partial charge in [-0.25, -0.2) is 0 Å². The van der Waals surface area contributed by atoms with Crippen molar-refractivity contribution >= 4 is 0 Å². The SMILES string of the molecule is CO[C@@H]1O[C@H](COCc2ccccc2)[C@@H](O[C@H]2O[C@@H](CN=[N+]=[N-])[C@@H](OCc3ccccc3)[C@H](OCc3ccccc3)[C@H]2N=[N+]=[N-])[C@H]1OCc1ccccc1. The van der Waals surface area contributed by atoms with Crippen LogP contribution in [0.25, 0.3) is 20.9 Å². The Labute approximate surface area is 314 Å². The highest BCUT2D eigenvalue weighted by molar-refractivity contribution is 5.16. The maximum Gasteiger partial charge on any atom is 0.186 e. The van der Waals surface area contributed by atoms with Gasteiger partial charge < -0.3 is 37.9 Å². The van der Waals surface area contributed by atoms with Gasteiger partial charge in [-0.05, 0) is 33.3 Å². The van der Waals surface area contributed by atoms with E-state index in [1.165, 1.54) is 7.11 Å². The normalized spacial score (nSPS) is 26.4. The molecule has 54 heavy (non-hydrogen) atoms. The third-order valence-corrected chi connectivity index (χ3v) is 9.16. The van der Waals surface area contributed by atoms with Crippen molar-refractivity contribution in [3.05, 3.63) is 164 Å². The Hall–Kier alpha value is -4.82. The first kappa shape index (κ1) is 38.9. The molecule has 6 rings (SSSR count). The van der Waals surface area contributed by atoms with Gasteiger partial charge in [0.05, 0.1) is 45.7 Å². The van der Waals surface area contributed by atoms with Gasteiger partial charge in [-0.2, -0.15) is 0 Å². The summed E-state index contributed by atoms with van der Waals surface area (Å²) in [6.07, 6.45) is -6.85. The van der Waals surface area contributed by atoms with Crippen LogP contribution < -0.4 is 0 Å². The molecular formula is C40H44N6O8. The van der Waals surface area contributed by atoms with Gasteiger partial charge in [0.1, 0.15) is 36.6 Å². The number of rotatable bonds is 19. The van der Waals surface area contributed by atoms with E-state index in [9.17, 15) is 11.1 Å². The van der Waals surface area contributed by atoms with Crippen LogP contribution in [0.4, 0.5) is 0 Å². The number of methoxy groups -OCH3 is 1. The Bertz CT molecular complexity index is 1780. The average molecular weight is 737 g/mol. The molecule has 14 heteroatoms. The highest BCUT2D eigenvalue weighted by Crippen LogP contribution is 2.36. The number of hydrogen-bond donors (Lipinski definition) is 0. The molecule has 14 nitrogen and oxygen atoms in total. The van der Waals surface area contributed by atoms with Gasteiger partial charge in [-0.3, -0.25) is 0 Å². The standard InChI is InChI=1S/C40H44N6O8/c1-47-40-38(51-26-31-20-12-5-13-21-31)36(33(53-40)27-48-23-28-14-6-2-7-15-28)54-39-34(44-46-42)37(50-25-30-18-10-4-11-19-30)35(32(52-39)22-43-45-41)49-24-29-16-8-3-9-17-29/h2-21,32-40H,22-27H2,1H3/t32-,33+,34+,35+,36+,37+,38+,39+,40+/m0/s1. The van der Waals surface area contributed by atoms with Gasteiger partial charge >= 0.3 is 0 Å². The molecule has 0 aliphatic carbocycles. The molecule has 2 saturated heterocycles. The Morgan fingerprint density at radius 2 is 1.04 bits per heavy atom. The Morgan fingerprint density at radius 3 is 1.54 bits per heavy atom. The van der Waals surface area contributed by atoms with Gasteiger partial charge in [-0.1, -0.05) is 132 Å². The van der Waals surface area contributed by atoms with Gasteiger partial charge in [0.15, 0.2) is 12.6 Å². The topological polar surface area (TPSA) is 171 Å². The minimum Gasteiger partial charge on any atom is -0.374 e. The van der Waals surface area contributed by atoms with Gasteiger partial charge in [0, 0.05) is 16.9 Å². The van der Waals surface area contributed by atoms with E-state index in [1.807, 2.05) is 121 Å². The molecule has 0 radical (unpaired) electrons. The molecular weight excluding hydrogens is 692 g/mol. The van der Waals surface area contributed by atoms with E-state index in [0.717, 1.165) is 22.3 Å². The van der Waals surface area contributed by atoms with Crippen molar-refractivity contribution in [2.75, 3.05) is 20.3 Å². The van der Waals surface area contributed by atoms with Crippen molar-refractivity contribution in [3.8, 4) is 0 Å². The number of hydrogen-bond acceptors (Lipinski definition) is 10. The molecule has 0 N–H and O–H groups in total. The lowest BCUT2D eigenvalue weighted by Crippen LogP contribution is -2.61. The summed E-state index contributed by atoms with van der Waals surface area (Å²) in [5.74, 6) is 0. The summed E-state index contributed by atoms with van der Waals surface area (Å²) >= 11 is 0. The van der Waals surface area contributed by atoms with E-state index in [1.54, 1.807) is 0 Å². The predicted molar refractivity (Wildman–Crippen MR) is 197 cm³/mol. The Morgan fingerprint density at radius 1 is 0.556 bits per heavy atom. The number of ether oxygens (including phenoxy) is 8. The van der Waals surface area contributed by atoms with Crippen molar-refractivity contribution in [1.29, 1.82) is 0 Å². The van der Waals surface area contributed by atoms with Crippen LogP contribution in [-0.4, -0.2) is 75.5 Å². The van der Waals surface area contributed by atoms with Crippen molar-refractivity contribution in [2.45, 2.75) is 81.7 Å². The monoisotopic (exact) mass is 736 g/mol. The van der Waals surface area contributed by atoms with Crippen LogP contribution in [0.15, 0.2) is 132 Å². The van der Waals surface area contributed by atoms with Crippen LogP contribution in [0.3, 0.4) is 0 Å². The lowest BCUT2D eigenvalue weighted by atomic mass is 9.96. The second kappa shape index (κ2) is 20.6. The molecule has 4 aromatic carbocycles. The molecule has 4 aromatic rings. The van der Waals surface area contributed by atoms with Crippen LogP contribution in [0.1, 0.15) is 22.3 Å². The largest absolute Gasteiger partial charge is 0.374 e. The van der Waals surface area contributed by atoms with Crippen molar-refractivity contribution in [2.24, 2.45) is 10.2 Å². The van der Waals surface area contributed by atoms with Crippen molar-refractivity contribution in [3.63, 3.8) is 0 Å². The second-order valence-corrected chi connectivity index (χ2v) is 12.8. The molecule has 2 aliphatic heterocycles. The molecule has 9 atom stereocenters. The van der Waals surface area contributed by atoms with Crippen LogP contribution in [0, 0.1) is 0 Å². The zero-order valence-corrected chi connectivity index (χ0v) is 29.9. The molecule has 2 heterocycles. The smallest absolute Gasteiger partial charge is 0.186 e. The fraction of sp³-hybridized carbons (Fsp3) is 0.400. The van der Waals surface area contributed by atoms with E-state index in [4.69, 9.17) is 37.9 Å². The van der Waals surface area contributed by atoms with E-state index < -0.39 is 55.2 Å². The number of nitrogens with zero attached hydrogens (tertiary/aromatic N) is 6. The lowest BCUT2D eigenvalue weighted by molar-refractivity contribution is -0.296. The summed E-state index contributed by atoms with van der Waals surface area (Å²) in [6.45, 7) is 0.975. The Balaban J connectivity index is 1.30. The molecule has 0 spiro atoms. The van der Waals surface area contributed by atoms with E-state index >= 15 is 0 Å². The third-order valence-electron chi connectivity index (χ3n) is 9.16. The summed E-state index contributed by atoms with van der Waals surface area (Å²) in [5, 5.41) is 8.03. The van der Waals surface area contributed by atoms with Crippen molar-refractivity contribution in [1.82, 2.24) is 0 Å². The molecule has 0 amide bonds. The van der Waals surface area contributed by atoms with Gasteiger partial charge in [-0.15, -0.1) is 0 Å².